The Kier molecular flexibility index (Phi) is 5.18. The van der Waals surface area contributed by atoms with Gasteiger partial charge in [-0.2, -0.15) is 0 Å². The van der Waals surface area contributed by atoms with Crippen molar-refractivity contribution in [2.45, 2.75) is 45.2 Å². The van der Waals surface area contributed by atoms with E-state index in [1.165, 1.54) is 9.80 Å². The molecule has 0 radical (unpaired) electrons. The zero-order valence-electron chi connectivity index (χ0n) is 12.2. The predicted octanol–water partition coefficient (Wildman–Crippen LogP) is 1.92. The Morgan fingerprint density at radius 1 is 1.35 bits per heavy atom. The van der Waals surface area contributed by atoms with Crippen molar-refractivity contribution >= 4 is 33.8 Å². The number of hydrogen-bond acceptors (Lipinski definition) is 3. The highest BCUT2D eigenvalue weighted by molar-refractivity contribution is 9.09. The molecule has 1 rings (SSSR count). The first-order valence-electron chi connectivity index (χ1n) is 6.54. The van der Waals surface area contributed by atoms with Crippen LogP contribution in [0.2, 0.25) is 0 Å². The summed E-state index contributed by atoms with van der Waals surface area (Å²) in [6.45, 7) is 5.19. The minimum atomic E-state index is -0.870. The third-order valence-corrected chi connectivity index (χ3v) is 4.76. The molecule has 1 N–H and O–H groups in total. The van der Waals surface area contributed by atoms with Gasteiger partial charge in [-0.15, -0.1) is 0 Å². The highest BCUT2D eigenvalue weighted by atomic mass is 79.9. The molecule has 1 aliphatic rings. The minimum absolute atomic E-state index is 0.233. The number of rotatable bonds is 6. The zero-order valence-corrected chi connectivity index (χ0v) is 13.8. The number of carbonyl (C=O) groups excluding carboxylic acids is 2. The fraction of sp³-hybridized carbons (Fsp3) is 0.769. The Labute approximate surface area is 127 Å². The van der Waals surface area contributed by atoms with E-state index in [4.69, 9.17) is 5.11 Å². The fourth-order valence-corrected chi connectivity index (χ4v) is 2.75. The van der Waals surface area contributed by atoms with Gasteiger partial charge in [0.1, 0.15) is 5.54 Å². The van der Waals surface area contributed by atoms with Crippen molar-refractivity contribution in [3.05, 3.63) is 0 Å². The first-order chi connectivity index (χ1) is 9.14. The number of aliphatic carboxylic acids is 1. The molecule has 0 saturated carbocycles. The molecule has 6 nitrogen and oxygen atoms in total. The Balaban J connectivity index is 2.73. The number of imide groups is 1. The first kappa shape index (κ1) is 16.9. The van der Waals surface area contributed by atoms with E-state index in [0.717, 1.165) is 0 Å². The van der Waals surface area contributed by atoms with Gasteiger partial charge < -0.3 is 10.0 Å². The second kappa shape index (κ2) is 6.11. The molecule has 1 fully saturated rings. The van der Waals surface area contributed by atoms with Crippen LogP contribution in [0.25, 0.3) is 0 Å². The lowest BCUT2D eigenvalue weighted by Crippen LogP contribution is -2.43. The summed E-state index contributed by atoms with van der Waals surface area (Å²) in [7, 11) is 1.60. The summed E-state index contributed by atoms with van der Waals surface area (Å²) in [6, 6.07) is -0.627. The number of alkyl halides is 1. The van der Waals surface area contributed by atoms with Crippen molar-refractivity contribution in [3.63, 3.8) is 0 Å². The van der Waals surface area contributed by atoms with Crippen LogP contribution in [0.3, 0.4) is 0 Å². The third kappa shape index (κ3) is 2.97. The van der Waals surface area contributed by atoms with Gasteiger partial charge >= 0.3 is 12.0 Å². The van der Waals surface area contributed by atoms with E-state index in [9.17, 15) is 14.4 Å². The molecular formula is C13H21BrN2O4. The van der Waals surface area contributed by atoms with Crippen LogP contribution in [0.1, 0.15) is 33.6 Å². The molecule has 20 heavy (non-hydrogen) atoms. The molecule has 0 aromatic heterocycles. The van der Waals surface area contributed by atoms with Crippen LogP contribution in [-0.4, -0.2) is 56.8 Å². The van der Waals surface area contributed by atoms with E-state index < -0.39 is 17.4 Å². The van der Waals surface area contributed by atoms with Crippen LogP contribution < -0.4 is 0 Å². The standard InChI is InChI=1S/C13H21BrN2O4/c1-8(5-6-9(7-14)10(17)18)16-11(19)13(2,3)15(4)12(16)20/h8-9H,5-7H2,1-4H3,(H,17,18). The van der Waals surface area contributed by atoms with Gasteiger partial charge in [0.25, 0.3) is 5.91 Å². The van der Waals surface area contributed by atoms with Gasteiger partial charge in [-0.1, -0.05) is 15.9 Å². The monoisotopic (exact) mass is 348 g/mol. The molecular weight excluding hydrogens is 328 g/mol. The molecule has 0 aliphatic carbocycles. The van der Waals surface area contributed by atoms with Gasteiger partial charge in [-0.05, 0) is 33.6 Å². The van der Waals surface area contributed by atoms with Gasteiger partial charge in [-0.3, -0.25) is 14.5 Å². The number of halogens is 1. The lowest BCUT2D eigenvalue weighted by atomic mass is 10.0. The highest BCUT2D eigenvalue weighted by Crippen LogP contribution is 2.29. The Morgan fingerprint density at radius 2 is 1.90 bits per heavy atom. The average molecular weight is 349 g/mol. The minimum Gasteiger partial charge on any atom is -0.481 e. The lowest BCUT2D eigenvalue weighted by Gasteiger charge is -2.23. The summed E-state index contributed by atoms with van der Waals surface area (Å²) in [5.74, 6) is -1.61. The quantitative estimate of drug-likeness (QED) is 0.587. The summed E-state index contributed by atoms with van der Waals surface area (Å²) < 4.78 is 0. The molecule has 0 bridgehead atoms. The molecule has 0 spiro atoms. The molecule has 0 aromatic carbocycles. The van der Waals surface area contributed by atoms with Crippen molar-refractivity contribution in [2.24, 2.45) is 5.92 Å². The number of carboxylic acid groups (broad SMARTS) is 1. The summed E-state index contributed by atoms with van der Waals surface area (Å²) in [5.41, 5.74) is -0.840. The number of carboxylic acids is 1. The van der Waals surface area contributed by atoms with Gasteiger partial charge in [0.2, 0.25) is 0 Å². The number of hydrogen-bond donors (Lipinski definition) is 1. The van der Waals surface area contributed by atoms with E-state index in [2.05, 4.69) is 15.9 Å². The van der Waals surface area contributed by atoms with Crippen molar-refractivity contribution in [3.8, 4) is 0 Å². The van der Waals surface area contributed by atoms with Crippen LogP contribution in [0.15, 0.2) is 0 Å². The van der Waals surface area contributed by atoms with E-state index in [1.807, 2.05) is 0 Å². The maximum Gasteiger partial charge on any atom is 0.327 e. The Bertz CT molecular complexity index is 425. The molecule has 1 saturated heterocycles. The van der Waals surface area contributed by atoms with E-state index in [1.54, 1.807) is 27.8 Å². The van der Waals surface area contributed by atoms with Crippen molar-refractivity contribution in [2.75, 3.05) is 12.4 Å². The van der Waals surface area contributed by atoms with E-state index in [0.29, 0.717) is 18.2 Å². The van der Waals surface area contributed by atoms with Crippen LogP contribution in [-0.2, 0) is 9.59 Å². The predicted molar refractivity (Wildman–Crippen MR) is 77.7 cm³/mol. The van der Waals surface area contributed by atoms with E-state index in [-0.39, 0.29) is 18.0 Å². The lowest BCUT2D eigenvalue weighted by molar-refractivity contribution is -0.141. The van der Waals surface area contributed by atoms with Crippen molar-refractivity contribution in [1.29, 1.82) is 0 Å². The molecule has 2 unspecified atom stereocenters. The van der Waals surface area contributed by atoms with Gasteiger partial charge in [0.05, 0.1) is 5.92 Å². The van der Waals surface area contributed by atoms with Crippen LogP contribution in [0.5, 0.6) is 0 Å². The molecule has 114 valence electrons. The summed E-state index contributed by atoms with van der Waals surface area (Å²) >= 11 is 3.16. The van der Waals surface area contributed by atoms with Crippen molar-refractivity contribution < 1.29 is 19.5 Å². The first-order valence-corrected chi connectivity index (χ1v) is 7.67. The normalized spacial score (nSPS) is 21.2. The largest absolute Gasteiger partial charge is 0.481 e. The molecule has 0 aromatic rings. The Hall–Kier alpha value is -1.11. The number of nitrogens with zero attached hydrogens (tertiary/aromatic N) is 2. The van der Waals surface area contributed by atoms with Crippen LogP contribution in [0.4, 0.5) is 4.79 Å². The third-order valence-electron chi connectivity index (χ3n) is 3.98. The number of urea groups is 1. The second-order valence-corrected chi connectivity index (χ2v) is 6.34. The number of likely N-dealkylation sites (N-methyl/N-ethyl adjacent to an activating group) is 1. The average Bonchev–Trinajstić information content (AvgIpc) is 2.51. The summed E-state index contributed by atoms with van der Waals surface area (Å²) in [4.78, 5) is 38.0. The van der Waals surface area contributed by atoms with Crippen LogP contribution in [0, 0.1) is 5.92 Å². The molecule has 7 heteroatoms. The fourth-order valence-electron chi connectivity index (χ4n) is 2.15. The molecule has 2 atom stereocenters. The molecule has 1 heterocycles. The maximum absolute atomic E-state index is 12.3. The maximum atomic E-state index is 12.3. The van der Waals surface area contributed by atoms with Gasteiger partial charge in [-0.25, -0.2) is 4.79 Å². The Morgan fingerprint density at radius 3 is 2.25 bits per heavy atom. The van der Waals surface area contributed by atoms with Crippen molar-refractivity contribution in [1.82, 2.24) is 9.80 Å². The summed E-state index contributed by atoms with van der Waals surface area (Å²) in [5, 5.41) is 9.36. The molecule has 3 amide bonds. The highest BCUT2D eigenvalue weighted by Gasteiger charge is 2.50. The number of carbonyl (C=O) groups is 3. The van der Waals surface area contributed by atoms with E-state index >= 15 is 0 Å². The molecule has 1 aliphatic heterocycles. The van der Waals surface area contributed by atoms with Gasteiger partial charge in [0.15, 0.2) is 0 Å². The second-order valence-electron chi connectivity index (χ2n) is 5.69. The SMILES string of the molecule is CC(CCC(CBr)C(=O)O)N1C(=O)N(C)C(C)(C)C1=O. The smallest absolute Gasteiger partial charge is 0.327 e. The zero-order chi connectivity index (χ0) is 15.7. The van der Waals surface area contributed by atoms with Crippen LogP contribution >= 0.6 is 15.9 Å². The topological polar surface area (TPSA) is 77.9 Å². The van der Waals surface area contributed by atoms with Gasteiger partial charge in [0, 0.05) is 18.4 Å². The number of amides is 3. The summed E-state index contributed by atoms with van der Waals surface area (Å²) in [6.07, 6.45) is 0.896.